The van der Waals surface area contributed by atoms with Crippen LogP contribution in [0.5, 0.6) is 5.75 Å². The van der Waals surface area contributed by atoms with Crippen molar-refractivity contribution >= 4 is 17.7 Å². The summed E-state index contributed by atoms with van der Waals surface area (Å²) < 4.78 is 5.22. The monoisotopic (exact) mass is 367 g/mol. The van der Waals surface area contributed by atoms with Crippen LogP contribution in [0.3, 0.4) is 0 Å². The van der Waals surface area contributed by atoms with Crippen molar-refractivity contribution in [1.29, 1.82) is 0 Å². The van der Waals surface area contributed by atoms with E-state index in [1.165, 1.54) is 12.8 Å². The number of anilines is 2. The maximum absolute atomic E-state index is 12.8. The predicted octanol–water partition coefficient (Wildman–Crippen LogP) is 2.05. The second kappa shape index (κ2) is 7.82. The van der Waals surface area contributed by atoms with E-state index in [2.05, 4.69) is 14.8 Å². The third-order valence-corrected chi connectivity index (χ3v) is 5.22. The molecule has 0 unspecified atom stereocenters. The van der Waals surface area contributed by atoms with Crippen LogP contribution in [0.1, 0.15) is 23.2 Å². The predicted molar refractivity (Wildman–Crippen MR) is 105 cm³/mol. The van der Waals surface area contributed by atoms with Gasteiger partial charge in [0.1, 0.15) is 11.6 Å². The summed E-state index contributed by atoms with van der Waals surface area (Å²) in [7, 11) is 1.61. The van der Waals surface area contributed by atoms with Gasteiger partial charge in [-0.15, -0.1) is 0 Å². The number of amides is 1. The molecule has 0 radical (unpaired) electrons. The van der Waals surface area contributed by atoms with Gasteiger partial charge in [0, 0.05) is 51.0 Å². The standard InChI is InChI=1S/C20H25N5O2/c1-27-17-6-4-5-16(15-17)19(26)24-13-11-23(12-14-24)18-7-8-21-20(22-18)25-9-2-3-10-25/h4-8,15H,2-3,9-14H2,1H3. The lowest BCUT2D eigenvalue weighted by molar-refractivity contribution is 0.0746. The van der Waals surface area contributed by atoms with Gasteiger partial charge in [-0.3, -0.25) is 4.79 Å². The molecule has 3 heterocycles. The van der Waals surface area contributed by atoms with Gasteiger partial charge in [0.2, 0.25) is 5.95 Å². The SMILES string of the molecule is COc1cccc(C(=O)N2CCN(c3ccnc(N4CCCC4)n3)CC2)c1. The highest BCUT2D eigenvalue weighted by atomic mass is 16.5. The minimum absolute atomic E-state index is 0.0500. The van der Waals surface area contributed by atoms with Gasteiger partial charge in [0.25, 0.3) is 5.91 Å². The van der Waals surface area contributed by atoms with E-state index in [0.29, 0.717) is 24.4 Å². The number of hydrogen-bond acceptors (Lipinski definition) is 6. The van der Waals surface area contributed by atoms with Crippen molar-refractivity contribution in [2.45, 2.75) is 12.8 Å². The summed E-state index contributed by atoms with van der Waals surface area (Å²) in [6.45, 7) is 4.97. The van der Waals surface area contributed by atoms with E-state index in [-0.39, 0.29) is 5.91 Å². The van der Waals surface area contributed by atoms with Gasteiger partial charge < -0.3 is 19.4 Å². The summed E-state index contributed by atoms with van der Waals surface area (Å²) >= 11 is 0. The van der Waals surface area contributed by atoms with E-state index >= 15 is 0 Å². The molecule has 0 bridgehead atoms. The number of carbonyl (C=O) groups excluding carboxylic acids is 1. The molecule has 2 saturated heterocycles. The van der Waals surface area contributed by atoms with Crippen LogP contribution >= 0.6 is 0 Å². The van der Waals surface area contributed by atoms with Crippen molar-refractivity contribution in [3.63, 3.8) is 0 Å². The van der Waals surface area contributed by atoms with Crippen LogP contribution in [-0.4, -0.2) is 67.2 Å². The maximum atomic E-state index is 12.8. The van der Waals surface area contributed by atoms with E-state index in [1.54, 1.807) is 13.2 Å². The molecule has 2 aliphatic heterocycles. The van der Waals surface area contributed by atoms with Crippen molar-refractivity contribution < 1.29 is 9.53 Å². The molecule has 2 aliphatic rings. The molecule has 0 aliphatic carbocycles. The Morgan fingerprint density at radius 1 is 1.00 bits per heavy atom. The van der Waals surface area contributed by atoms with Crippen LogP contribution in [0, 0.1) is 0 Å². The molecule has 2 fully saturated rings. The average Bonchev–Trinajstić information content (AvgIpc) is 3.28. The van der Waals surface area contributed by atoms with Crippen molar-refractivity contribution in [3.05, 3.63) is 42.1 Å². The van der Waals surface area contributed by atoms with Crippen LogP contribution < -0.4 is 14.5 Å². The minimum Gasteiger partial charge on any atom is -0.497 e. The number of aromatic nitrogens is 2. The van der Waals surface area contributed by atoms with Gasteiger partial charge in [-0.2, -0.15) is 4.98 Å². The zero-order valence-electron chi connectivity index (χ0n) is 15.7. The van der Waals surface area contributed by atoms with Crippen molar-refractivity contribution in [3.8, 4) is 5.75 Å². The van der Waals surface area contributed by atoms with Gasteiger partial charge in [-0.05, 0) is 37.1 Å². The highest BCUT2D eigenvalue weighted by molar-refractivity contribution is 5.94. The molecular weight excluding hydrogens is 342 g/mol. The molecule has 7 nitrogen and oxygen atoms in total. The molecule has 1 aromatic carbocycles. The molecule has 0 N–H and O–H groups in total. The average molecular weight is 367 g/mol. The first-order valence-electron chi connectivity index (χ1n) is 9.51. The lowest BCUT2D eigenvalue weighted by atomic mass is 10.1. The number of carbonyl (C=O) groups is 1. The van der Waals surface area contributed by atoms with Gasteiger partial charge in [0.05, 0.1) is 7.11 Å². The zero-order valence-corrected chi connectivity index (χ0v) is 15.7. The largest absolute Gasteiger partial charge is 0.497 e. The molecule has 1 aromatic heterocycles. The van der Waals surface area contributed by atoms with Gasteiger partial charge in [-0.25, -0.2) is 4.98 Å². The number of methoxy groups -OCH3 is 1. The van der Waals surface area contributed by atoms with E-state index in [0.717, 1.165) is 37.9 Å². The van der Waals surface area contributed by atoms with E-state index in [9.17, 15) is 4.79 Å². The summed E-state index contributed by atoms with van der Waals surface area (Å²) in [6.07, 6.45) is 4.25. The maximum Gasteiger partial charge on any atom is 0.254 e. The van der Waals surface area contributed by atoms with Crippen molar-refractivity contribution in [2.24, 2.45) is 0 Å². The van der Waals surface area contributed by atoms with Gasteiger partial charge in [-0.1, -0.05) is 6.07 Å². The molecule has 142 valence electrons. The van der Waals surface area contributed by atoms with Crippen LogP contribution in [0.2, 0.25) is 0 Å². The topological polar surface area (TPSA) is 61.8 Å². The van der Waals surface area contributed by atoms with E-state index in [1.807, 2.05) is 35.4 Å². The zero-order chi connectivity index (χ0) is 18.6. The second-order valence-electron chi connectivity index (χ2n) is 6.92. The Balaban J connectivity index is 1.40. The number of nitrogens with zero attached hydrogens (tertiary/aromatic N) is 5. The molecule has 7 heteroatoms. The summed E-state index contributed by atoms with van der Waals surface area (Å²) in [5, 5.41) is 0. The first-order chi connectivity index (χ1) is 13.2. The van der Waals surface area contributed by atoms with Crippen LogP contribution in [0.15, 0.2) is 36.5 Å². The number of ether oxygens (including phenoxy) is 1. The quantitative estimate of drug-likeness (QED) is 0.824. The minimum atomic E-state index is 0.0500. The Kier molecular flexibility index (Phi) is 5.09. The molecular formula is C20H25N5O2. The second-order valence-corrected chi connectivity index (χ2v) is 6.92. The summed E-state index contributed by atoms with van der Waals surface area (Å²) in [5.41, 5.74) is 0.668. The van der Waals surface area contributed by atoms with Crippen molar-refractivity contribution in [2.75, 3.05) is 56.2 Å². The molecule has 2 aromatic rings. The fourth-order valence-electron chi connectivity index (χ4n) is 3.66. The molecule has 27 heavy (non-hydrogen) atoms. The van der Waals surface area contributed by atoms with Crippen molar-refractivity contribution in [1.82, 2.24) is 14.9 Å². The fourth-order valence-corrected chi connectivity index (χ4v) is 3.66. The third kappa shape index (κ3) is 3.82. The first kappa shape index (κ1) is 17.6. The highest BCUT2D eigenvalue weighted by Crippen LogP contribution is 2.21. The molecule has 0 atom stereocenters. The number of hydrogen-bond donors (Lipinski definition) is 0. The molecule has 0 spiro atoms. The Labute approximate surface area is 159 Å². The van der Waals surface area contributed by atoms with Crippen LogP contribution in [-0.2, 0) is 0 Å². The number of rotatable bonds is 4. The summed E-state index contributed by atoms with van der Waals surface area (Å²) in [5.74, 6) is 2.52. The Bertz CT molecular complexity index is 798. The molecule has 1 amide bonds. The Morgan fingerprint density at radius 2 is 1.78 bits per heavy atom. The number of piperazine rings is 1. The Hall–Kier alpha value is -2.83. The molecule has 4 rings (SSSR count). The smallest absolute Gasteiger partial charge is 0.254 e. The van der Waals surface area contributed by atoms with Crippen LogP contribution in [0.25, 0.3) is 0 Å². The number of benzene rings is 1. The van der Waals surface area contributed by atoms with E-state index in [4.69, 9.17) is 9.72 Å². The van der Waals surface area contributed by atoms with Gasteiger partial charge in [0.15, 0.2) is 0 Å². The first-order valence-corrected chi connectivity index (χ1v) is 9.51. The lowest BCUT2D eigenvalue weighted by Gasteiger charge is -2.35. The molecule has 0 saturated carbocycles. The Morgan fingerprint density at radius 3 is 2.52 bits per heavy atom. The lowest BCUT2D eigenvalue weighted by Crippen LogP contribution is -2.49. The van der Waals surface area contributed by atoms with E-state index < -0.39 is 0 Å². The summed E-state index contributed by atoms with van der Waals surface area (Å²) in [4.78, 5) is 28.3. The van der Waals surface area contributed by atoms with Gasteiger partial charge >= 0.3 is 0 Å². The summed E-state index contributed by atoms with van der Waals surface area (Å²) in [6, 6.07) is 9.29. The highest BCUT2D eigenvalue weighted by Gasteiger charge is 2.24. The van der Waals surface area contributed by atoms with Crippen LogP contribution in [0.4, 0.5) is 11.8 Å². The fraction of sp³-hybridized carbons (Fsp3) is 0.450. The normalized spacial score (nSPS) is 17.3. The third-order valence-electron chi connectivity index (χ3n) is 5.22.